The van der Waals surface area contributed by atoms with Crippen molar-refractivity contribution >= 4 is 40.4 Å². The molecule has 9 nitrogen and oxygen atoms in total. The molecule has 1 aromatic heterocycles. The van der Waals surface area contributed by atoms with Crippen LogP contribution in [0.3, 0.4) is 0 Å². The summed E-state index contributed by atoms with van der Waals surface area (Å²) in [6, 6.07) is 16.4. The number of rotatable bonds is 7. The fourth-order valence-corrected chi connectivity index (χ4v) is 5.54. The lowest BCUT2D eigenvalue weighted by Crippen LogP contribution is -2.49. The van der Waals surface area contributed by atoms with Gasteiger partial charge in [0.25, 0.3) is 5.91 Å². The van der Waals surface area contributed by atoms with Crippen molar-refractivity contribution < 1.29 is 19.5 Å². The lowest BCUT2D eigenvalue weighted by atomic mass is 9.99. The highest BCUT2D eigenvalue weighted by atomic mass is 32.1. The molecule has 0 aliphatic carbocycles. The maximum absolute atomic E-state index is 12.6. The quantitative estimate of drug-likeness (QED) is 0.452. The second kappa shape index (κ2) is 10.6. The summed E-state index contributed by atoms with van der Waals surface area (Å²) in [7, 11) is 0. The number of ether oxygens (including phenoxy) is 1. The molecule has 36 heavy (non-hydrogen) atoms. The molecule has 188 valence electrons. The standard InChI is InChI=1S/C26H27N4O5S/c31-25(27-12-9-21-5-3-15-36-21)18-7-8-23(24(16-18)30(33)34)28-13-10-20(11-14-28)29-22-6-2-1-4-19(22)17-35-26(29)32/h1-8,15-16,20,33H,9-14,17H2,(H,27,31)/q-1. The molecule has 0 unspecified atom stereocenters. The van der Waals surface area contributed by atoms with Crippen LogP contribution in [0.5, 0.6) is 0 Å². The number of hydrogen-bond acceptors (Lipinski definition) is 8. The number of carbonyl (C=O) groups excluding carboxylic acids is 2. The van der Waals surface area contributed by atoms with E-state index in [0.717, 1.165) is 17.7 Å². The molecule has 10 heteroatoms. The van der Waals surface area contributed by atoms with Crippen LogP contribution in [0.1, 0.15) is 33.6 Å². The van der Waals surface area contributed by atoms with Gasteiger partial charge in [-0.3, -0.25) is 14.9 Å². The third-order valence-electron chi connectivity index (χ3n) is 6.65. The number of piperidine rings is 1. The van der Waals surface area contributed by atoms with Crippen LogP contribution in [0.4, 0.5) is 21.9 Å². The van der Waals surface area contributed by atoms with Crippen molar-refractivity contribution in [3.63, 3.8) is 0 Å². The number of hydrogen-bond donors (Lipinski definition) is 2. The van der Waals surface area contributed by atoms with E-state index in [9.17, 15) is 20.0 Å². The zero-order chi connectivity index (χ0) is 25.1. The Morgan fingerprint density at radius 3 is 2.69 bits per heavy atom. The zero-order valence-electron chi connectivity index (χ0n) is 19.6. The van der Waals surface area contributed by atoms with Gasteiger partial charge >= 0.3 is 6.09 Å². The molecule has 0 spiro atoms. The number of benzene rings is 2. The van der Waals surface area contributed by atoms with E-state index in [2.05, 4.69) is 5.32 Å². The van der Waals surface area contributed by atoms with E-state index < -0.39 is 0 Å². The summed E-state index contributed by atoms with van der Waals surface area (Å²) in [5.41, 5.74) is 2.72. The minimum atomic E-state index is -0.344. The Hall–Kier alpha value is -3.60. The van der Waals surface area contributed by atoms with Gasteiger partial charge in [0.1, 0.15) is 6.61 Å². The Bertz CT molecular complexity index is 1220. The van der Waals surface area contributed by atoms with Crippen LogP contribution in [0.2, 0.25) is 0 Å². The Balaban J connectivity index is 1.25. The second-order valence-corrected chi connectivity index (χ2v) is 9.87. The van der Waals surface area contributed by atoms with Crippen molar-refractivity contribution in [1.29, 1.82) is 0 Å². The SMILES string of the molecule is O=C(NCCc1cccs1)c1ccc(N2CCC(N3C(=O)OCc4ccccc43)CC2)c(N([O-])O)c1. The molecule has 2 aliphatic heterocycles. The predicted molar refractivity (Wildman–Crippen MR) is 139 cm³/mol. The van der Waals surface area contributed by atoms with Gasteiger partial charge in [-0.25, -0.2) is 4.79 Å². The van der Waals surface area contributed by atoms with Gasteiger partial charge in [0.15, 0.2) is 0 Å². The van der Waals surface area contributed by atoms with Gasteiger partial charge in [0, 0.05) is 41.7 Å². The van der Waals surface area contributed by atoms with Crippen LogP contribution in [0.15, 0.2) is 60.0 Å². The maximum atomic E-state index is 12.6. The van der Waals surface area contributed by atoms with Crippen LogP contribution in [0, 0.1) is 5.21 Å². The van der Waals surface area contributed by atoms with E-state index in [-0.39, 0.29) is 35.6 Å². The molecule has 0 saturated carbocycles. The number of cyclic esters (lactones) is 1. The maximum Gasteiger partial charge on any atom is 0.414 e. The Morgan fingerprint density at radius 1 is 1.14 bits per heavy atom. The number of nitrogens with zero attached hydrogens (tertiary/aromatic N) is 3. The van der Waals surface area contributed by atoms with E-state index >= 15 is 0 Å². The summed E-state index contributed by atoms with van der Waals surface area (Å²) in [6.07, 6.45) is 1.71. The number of fused-ring (bicyclic) bond motifs is 1. The van der Waals surface area contributed by atoms with Crippen molar-refractivity contribution in [1.82, 2.24) is 5.32 Å². The summed E-state index contributed by atoms with van der Waals surface area (Å²) in [5, 5.41) is 26.4. The van der Waals surface area contributed by atoms with Crippen LogP contribution in [-0.2, 0) is 17.8 Å². The molecule has 0 radical (unpaired) electrons. The number of amides is 2. The summed E-state index contributed by atoms with van der Waals surface area (Å²) < 4.78 is 5.37. The molecule has 0 bridgehead atoms. The fourth-order valence-electron chi connectivity index (χ4n) is 4.83. The third kappa shape index (κ3) is 5.01. The van der Waals surface area contributed by atoms with E-state index in [1.807, 2.05) is 46.7 Å². The monoisotopic (exact) mass is 507 g/mol. The average molecular weight is 508 g/mol. The summed E-state index contributed by atoms with van der Waals surface area (Å²) in [6.45, 7) is 1.90. The van der Waals surface area contributed by atoms with Gasteiger partial charge in [-0.05, 0) is 55.0 Å². The van der Waals surface area contributed by atoms with Crippen molar-refractivity contribution in [3.8, 4) is 0 Å². The molecule has 5 rings (SSSR count). The first-order valence-electron chi connectivity index (χ1n) is 11.9. The summed E-state index contributed by atoms with van der Waals surface area (Å²) in [5.74, 6) is -0.304. The minimum Gasteiger partial charge on any atom is -0.733 e. The van der Waals surface area contributed by atoms with E-state index in [4.69, 9.17) is 4.74 Å². The zero-order valence-corrected chi connectivity index (χ0v) is 20.4. The van der Waals surface area contributed by atoms with Crippen LogP contribution in [0.25, 0.3) is 0 Å². The van der Waals surface area contributed by atoms with Crippen LogP contribution < -0.4 is 20.3 Å². The molecule has 1 fully saturated rings. The van der Waals surface area contributed by atoms with Crippen molar-refractivity contribution in [2.45, 2.75) is 31.9 Å². The molecule has 2 amide bonds. The van der Waals surface area contributed by atoms with E-state index in [1.54, 1.807) is 28.4 Å². The van der Waals surface area contributed by atoms with E-state index in [1.165, 1.54) is 10.9 Å². The van der Waals surface area contributed by atoms with Gasteiger partial charge in [-0.1, -0.05) is 24.3 Å². The van der Waals surface area contributed by atoms with Gasteiger partial charge in [0.2, 0.25) is 0 Å². The summed E-state index contributed by atoms with van der Waals surface area (Å²) >= 11 is 1.63. The first kappa shape index (κ1) is 24.1. The molecular formula is C26H27N4O5S-. The van der Waals surface area contributed by atoms with E-state index in [0.29, 0.717) is 43.7 Å². The highest BCUT2D eigenvalue weighted by molar-refractivity contribution is 7.09. The molecule has 2 aliphatic rings. The van der Waals surface area contributed by atoms with Gasteiger partial charge in [-0.2, -0.15) is 0 Å². The van der Waals surface area contributed by atoms with Crippen molar-refractivity contribution in [2.75, 3.05) is 34.7 Å². The van der Waals surface area contributed by atoms with Gasteiger partial charge in [-0.15, -0.1) is 11.3 Å². The third-order valence-corrected chi connectivity index (χ3v) is 7.59. The number of thiophene rings is 1. The van der Waals surface area contributed by atoms with Gasteiger partial charge in [0.05, 0.1) is 17.1 Å². The topological polar surface area (TPSA) is 108 Å². The molecule has 2 N–H and O–H groups in total. The first-order valence-corrected chi connectivity index (χ1v) is 12.8. The predicted octanol–water partition coefficient (Wildman–Crippen LogP) is 4.54. The average Bonchev–Trinajstić information content (AvgIpc) is 3.42. The highest BCUT2D eigenvalue weighted by Gasteiger charge is 2.34. The van der Waals surface area contributed by atoms with Crippen LogP contribution in [-0.4, -0.2) is 42.9 Å². The van der Waals surface area contributed by atoms with Gasteiger partial charge < -0.3 is 25.4 Å². The molecule has 3 heterocycles. The number of carbonyl (C=O) groups is 2. The highest BCUT2D eigenvalue weighted by Crippen LogP contribution is 2.35. The Kier molecular flexibility index (Phi) is 7.08. The molecule has 1 saturated heterocycles. The van der Waals surface area contributed by atoms with Crippen LogP contribution >= 0.6 is 11.3 Å². The largest absolute Gasteiger partial charge is 0.733 e. The normalized spacial score (nSPS) is 15.9. The molecule has 3 aromatic rings. The Morgan fingerprint density at radius 2 is 1.94 bits per heavy atom. The lowest BCUT2D eigenvalue weighted by Gasteiger charge is -2.42. The lowest BCUT2D eigenvalue weighted by molar-refractivity contribution is 0.0954. The Labute approximate surface area is 213 Å². The number of nitrogens with one attached hydrogen (secondary N) is 1. The van der Waals surface area contributed by atoms with Crippen molar-refractivity contribution in [3.05, 3.63) is 81.2 Å². The van der Waals surface area contributed by atoms with Crippen molar-refractivity contribution in [2.24, 2.45) is 0 Å². The fraction of sp³-hybridized carbons (Fsp3) is 0.308. The first-order chi connectivity index (χ1) is 17.5. The second-order valence-electron chi connectivity index (χ2n) is 8.83. The smallest absolute Gasteiger partial charge is 0.414 e. The minimum absolute atomic E-state index is 0.0158. The molecule has 0 atom stereocenters. The number of anilines is 3. The molecule has 2 aromatic carbocycles. The summed E-state index contributed by atoms with van der Waals surface area (Å²) in [4.78, 5) is 30.1. The number of para-hydroxylation sites is 1. The molecular weight excluding hydrogens is 480 g/mol.